The minimum atomic E-state index is -0.912. The Morgan fingerprint density at radius 2 is 2.15 bits per heavy atom. The molecule has 0 unspecified atom stereocenters. The number of carbonyl (C=O) groups is 1. The van der Waals surface area contributed by atoms with E-state index in [-0.39, 0.29) is 29.2 Å². The van der Waals surface area contributed by atoms with Crippen molar-refractivity contribution in [1.29, 1.82) is 5.26 Å². The highest BCUT2D eigenvalue weighted by molar-refractivity contribution is 7.99. The quantitative estimate of drug-likeness (QED) is 0.624. The van der Waals surface area contributed by atoms with Crippen molar-refractivity contribution in [3.8, 4) is 6.07 Å². The zero-order chi connectivity index (χ0) is 18.9. The van der Waals surface area contributed by atoms with E-state index < -0.39 is 5.54 Å². The Hall–Kier alpha value is -2.33. The van der Waals surface area contributed by atoms with Gasteiger partial charge in [-0.25, -0.2) is 4.98 Å². The molecule has 2 aromatic rings. The van der Waals surface area contributed by atoms with Crippen LogP contribution < -0.4 is 10.9 Å². The van der Waals surface area contributed by atoms with Crippen molar-refractivity contribution in [1.82, 2.24) is 14.9 Å². The van der Waals surface area contributed by atoms with Crippen LogP contribution in [0.3, 0.4) is 0 Å². The summed E-state index contributed by atoms with van der Waals surface area (Å²) in [6, 6.07) is 9.61. The summed E-state index contributed by atoms with van der Waals surface area (Å²) in [5, 5.41) is 13.3. The Balaban J connectivity index is 1.83. The lowest BCUT2D eigenvalue weighted by Crippen LogP contribution is -2.49. The Morgan fingerprint density at radius 3 is 2.77 bits per heavy atom. The molecule has 1 aliphatic rings. The summed E-state index contributed by atoms with van der Waals surface area (Å²) < 4.78 is 1.71. The molecule has 26 heavy (non-hydrogen) atoms. The summed E-state index contributed by atoms with van der Waals surface area (Å²) in [4.78, 5) is 29.8. The highest BCUT2D eigenvalue weighted by Gasteiger charge is 2.31. The molecule has 1 atom stereocenters. The topological polar surface area (TPSA) is 87.8 Å². The predicted molar refractivity (Wildman–Crippen MR) is 102 cm³/mol. The number of nitrogens with zero attached hydrogens (tertiary/aromatic N) is 3. The van der Waals surface area contributed by atoms with E-state index in [1.54, 1.807) is 17.6 Å². The molecule has 3 rings (SSSR count). The van der Waals surface area contributed by atoms with E-state index in [9.17, 15) is 14.9 Å². The van der Waals surface area contributed by atoms with E-state index in [0.717, 1.165) is 12.8 Å². The second kappa shape index (κ2) is 7.12. The van der Waals surface area contributed by atoms with Gasteiger partial charge in [-0.1, -0.05) is 37.7 Å². The van der Waals surface area contributed by atoms with Gasteiger partial charge in [0.1, 0.15) is 5.54 Å². The standard InChI is InChI=1S/C19H22N4O2S/c1-12(2)19(3,11-20)22-16(24)10-26-18-21-15-7-5-4-6-14(15)17(25)23(18)13-8-9-13/h4-7,12-13H,8-10H2,1-3H3,(H,22,24)/t19-/m1/s1. The maximum Gasteiger partial charge on any atom is 0.262 e. The Morgan fingerprint density at radius 1 is 1.46 bits per heavy atom. The van der Waals surface area contributed by atoms with Crippen LogP contribution in [0.5, 0.6) is 0 Å². The molecule has 0 saturated heterocycles. The van der Waals surface area contributed by atoms with Crippen LogP contribution in [0.15, 0.2) is 34.2 Å². The van der Waals surface area contributed by atoms with Crippen molar-refractivity contribution in [2.75, 3.05) is 5.75 Å². The van der Waals surface area contributed by atoms with Crippen molar-refractivity contribution in [3.63, 3.8) is 0 Å². The fourth-order valence-corrected chi connectivity index (χ4v) is 3.51. The van der Waals surface area contributed by atoms with E-state index in [0.29, 0.717) is 16.1 Å². The van der Waals surface area contributed by atoms with Crippen LogP contribution in [0.25, 0.3) is 10.9 Å². The van der Waals surface area contributed by atoms with Crippen LogP contribution in [0.4, 0.5) is 0 Å². The molecule has 0 aliphatic heterocycles. The first-order chi connectivity index (χ1) is 12.4. The van der Waals surface area contributed by atoms with Gasteiger partial charge in [0, 0.05) is 6.04 Å². The van der Waals surface area contributed by atoms with Crippen molar-refractivity contribution in [2.24, 2.45) is 5.92 Å². The molecule has 6 nitrogen and oxygen atoms in total. The molecule has 7 heteroatoms. The SMILES string of the molecule is CC(C)[C@@](C)(C#N)NC(=O)CSc1nc2ccccc2c(=O)n1C1CC1. The highest BCUT2D eigenvalue weighted by atomic mass is 32.2. The van der Waals surface area contributed by atoms with E-state index in [1.807, 2.05) is 32.0 Å². The predicted octanol–water partition coefficient (Wildman–Crippen LogP) is 2.88. The molecular formula is C19H22N4O2S. The van der Waals surface area contributed by atoms with Gasteiger partial charge >= 0.3 is 0 Å². The number of thioether (sulfide) groups is 1. The molecule has 1 heterocycles. The molecule has 1 aromatic heterocycles. The molecule has 136 valence electrons. The maximum atomic E-state index is 12.8. The number of hydrogen-bond acceptors (Lipinski definition) is 5. The number of benzene rings is 1. The third-order valence-electron chi connectivity index (χ3n) is 4.81. The van der Waals surface area contributed by atoms with Gasteiger partial charge in [0.05, 0.1) is 22.7 Å². The Kier molecular flexibility index (Phi) is 5.05. The number of para-hydroxylation sites is 1. The number of carbonyl (C=O) groups excluding carboxylic acids is 1. The minimum absolute atomic E-state index is 0.00936. The molecule has 0 spiro atoms. The van der Waals surface area contributed by atoms with Gasteiger partial charge < -0.3 is 5.32 Å². The van der Waals surface area contributed by atoms with Gasteiger partial charge in [0.15, 0.2) is 5.16 Å². The minimum Gasteiger partial charge on any atom is -0.337 e. The number of nitriles is 1. The van der Waals surface area contributed by atoms with E-state index >= 15 is 0 Å². The molecule has 1 aromatic carbocycles. The fourth-order valence-electron chi connectivity index (χ4n) is 2.64. The maximum absolute atomic E-state index is 12.8. The molecule has 1 N–H and O–H groups in total. The zero-order valence-electron chi connectivity index (χ0n) is 15.2. The number of rotatable bonds is 6. The fraction of sp³-hybridized carbons (Fsp3) is 0.474. The van der Waals surface area contributed by atoms with Crippen molar-refractivity contribution < 1.29 is 4.79 Å². The molecular weight excluding hydrogens is 348 g/mol. The number of hydrogen-bond donors (Lipinski definition) is 1. The monoisotopic (exact) mass is 370 g/mol. The first-order valence-electron chi connectivity index (χ1n) is 8.72. The van der Waals surface area contributed by atoms with Crippen molar-refractivity contribution in [3.05, 3.63) is 34.6 Å². The van der Waals surface area contributed by atoms with Crippen LogP contribution >= 0.6 is 11.8 Å². The molecule has 1 fully saturated rings. The summed E-state index contributed by atoms with van der Waals surface area (Å²) in [5.74, 6) is -0.135. The van der Waals surface area contributed by atoms with Gasteiger partial charge in [0.2, 0.25) is 5.91 Å². The average molecular weight is 370 g/mol. The number of aromatic nitrogens is 2. The molecule has 1 saturated carbocycles. The summed E-state index contributed by atoms with van der Waals surface area (Å²) in [5.41, 5.74) is -0.323. The van der Waals surface area contributed by atoms with E-state index in [4.69, 9.17) is 0 Å². The summed E-state index contributed by atoms with van der Waals surface area (Å²) in [6.45, 7) is 5.51. The highest BCUT2D eigenvalue weighted by Crippen LogP contribution is 2.36. The normalized spacial score (nSPS) is 16.3. The lowest BCUT2D eigenvalue weighted by Gasteiger charge is -2.27. The summed E-state index contributed by atoms with van der Waals surface area (Å²) in [7, 11) is 0. The Bertz CT molecular complexity index is 943. The second-order valence-electron chi connectivity index (χ2n) is 7.12. The molecule has 0 bridgehead atoms. The number of amides is 1. The van der Waals surface area contributed by atoms with E-state index in [1.165, 1.54) is 11.8 Å². The zero-order valence-corrected chi connectivity index (χ0v) is 16.0. The smallest absolute Gasteiger partial charge is 0.262 e. The third-order valence-corrected chi connectivity index (χ3v) is 5.76. The molecule has 1 amide bonds. The van der Waals surface area contributed by atoms with Crippen molar-refractivity contribution in [2.45, 2.75) is 50.4 Å². The Labute approximate surface area is 156 Å². The lowest BCUT2D eigenvalue weighted by atomic mass is 9.90. The first kappa shape index (κ1) is 18.5. The van der Waals surface area contributed by atoms with Crippen molar-refractivity contribution >= 4 is 28.6 Å². The number of fused-ring (bicyclic) bond motifs is 1. The molecule has 1 aliphatic carbocycles. The van der Waals surface area contributed by atoms with Crippen LogP contribution in [-0.2, 0) is 4.79 Å². The summed E-state index contributed by atoms with van der Waals surface area (Å²) in [6.07, 6.45) is 1.92. The summed E-state index contributed by atoms with van der Waals surface area (Å²) >= 11 is 1.25. The lowest BCUT2D eigenvalue weighted by molar-refractivity contribution is -0.120. The van der Waals surface area contributed by atoms with Crippen LogP contribution in [0.2, 0.25) is 0 Å². The van der Waals surface area contributed by atoms with Gasteiger partial charge in [-0.3, -0.25) is 14.2 Å². The molecule has 0 radical (unpaired) electrons. The van der Waals surface area contributed by atoms with Gasteiger partial charge in [-0.2, -0.15) is 5.26 Å². The third kappa shape index (κ3) is 3.61. The first-order valence-corrected chi connectivity index (χ1v) is 9.70. The van der Waals surface area contributed by atoms with Gasteiger partial charge in [-0.05, 0) is 37.8 Å². The average Bonchev–Trinajstić information content (AvgIpc) is 3.44. The number of nitrogens with one attached hydrogen (secondary N) is 1. The second-order valence-corrected chi connectivity index (χ2v) is 8.07. The van der Waals surface area contributed by atoms with Gasteiger partial charge in [0.25, 0.3) is 5.56 Å². The van der Waals surface area contributed by atoms with Crippen LogP contribution in [0.1, 0.15) is 39.7 Å². The van der Waals surface area contributed by atoms with Gasteiger partial charge in [-0.15, -0.1) is 0 Å². The largest absolute Gasteiger partial charge is 0.337 e. The van der Waals surface area contributed by atoms with E-state index in [2.05, 4.69) is 16.4 Å². The van der Waals surface area contributed by atoms with Crippen LogP contribution in [-0.4, -0.2) is 26.8 Å². The van der Waals surface area contributed by atoms with Crippen LogP contribution in [0, 0.1) is 17.2 Å².